The molecule has 1 nitrogen and oxygen atoms in total. The Kier molecular flexibility index (Phi) is 14.4. The SMILES string of the molecule is CCCC/C=C/CCCC.COC(C)(C)C. The number of hydrogen-bond donors (Lipinski definition) is 0. The van der Waals surface area contributed by atoms with Gasteiger partial charge in [-0.1, -0.05) is 51.7 Å². The smallest absolute Gasteiger partial charge is 0.0594 e. The van der Waals surface area contributed by atoms with E-state index in [4.69, 9.17) is 4.74 Å². The van der Waals surface area contributed by atoms with E-state index in [1.54, 1.807) is 7.11 Å². The Labute approximate surface area is 103 Å². The van der Waals surface area contributed by atoms with Crippen LogP contribution in [-0.4, -0.2) is 12.7 Å². The third-order valence-electron chi connectivity index (χ3n) is 2.23. The summed E-state index contributed by atoms with van der Waals surface area (Å²) in [6, 6.07) is 0. The lowest BCUT2D eigenvalue weighted by Crippen LogP contribution is -2.15. The van der Waals surface area contributed by atoms with Crippen molar-refractivity contribution in [2.24, 2.45) is 0 Å². The van der Waals surface area contributed by atoms with Crippen LogP contribution in [0.3, 0.4) is 0 Å². The Morgan fingerprint density at radius 3 is 1.38 bits per heavy atom. The average Bonchev–Trinajstić information content (AvgIpc) is 2.23. The van der Waals surface area contributed by atoms with Crippen LogP contribution in [0.1, 0.15) is 73.1 Å². The first-order valence-electron chi connectivity index (χ1n) is 6.68. The molecule has 0 aromatic carbocycles. The molecule has 0 saturated carbocycles. The zero-order chi connectivity index (χ0) is 12.9. The van der Waals surface area contributed by atoms with Crippen molar-refractivity contribution < 1.29 is 4.74 Å². The van der Waals surface area contributed by atoms with E-state index in [1.165, 1.54) is 38.5 Å². The second-order valence-electron chi connectivity index (χ2n) is 5.07. The Hall–Kier alpha value is -0.300. The first-order valence-corrected chi connectivity index (χ1v) is 6.68. The lowest BCUT2D eigenvalue weighted by atomic mass is 10.2. The summed E-state index contributed by atoms with van der Waals surface area (Å²) in [7, 11) is 1.71. The van der Waals surface area contributed by atoms with Crippen LogP contribution in [0, 0.1) is 0 Å². The van der Waals surface area contributed by atoms with Gasteiger partial charge < -0.3 is 4.74 Å². The second-order valence-corrected chi connectivity index (χ2v) is 5.07. The quantitative estimate of drug-likeness (QED) is 0.439. The maximum Gasteiger partial charge on any atom is 0.0594 e. The van der Waals surface area contributed by atoms with Crippen molar-refractivity contribution >= 4 is 0 Å². The van der Waals surface area contributed by atoms with Crippen molar-refractivity contribution in [3.63, 3.8) is 0 Å². The molecule has 0 aliphatic carbocycles. The number of unbranched alkanes of at least 4 members (excludes halogenated alkanes) is 4. The van der Waals surface area contributed by atoms with Crippen molar-refractivity contribution in [1.29, 1.82) is 0 Å². The molecule has 0 radical (unpaired) electrons. The van der Waals surface area contributed by atoms with Gasteiger partial charge in [0, 0.05) is 7.11 Å². The molecule has 98 valence electrons. The summed E-state index contributed by atoms with van der Waals surface area (Å²) in [5.74, 6) is 0. The van der Waals surface area contributed by atoms with E-state index in [0.29, 0.717) is 0 Å². The minimum atomic E-state index is 0.0417. The molecule has 0 aliphatic rings. The molecule has 0 aliphatic heterocycles. The first kappa shape index (κ1) is 18.1. The van der Waals surface area contributed by atoms with Gasteiger partial charge in [-0.2, -0.15) is 0 Å². The number of ether oxygens (including phenoxy) is 1. The zero-order valence-electron chi connectivity index (χ0n) is 12.3. The highest BCUT2D eigenvalue weighted by Crippen LogP contribution is 2.02. The van der Waals surface area contributed by atoms with Crippen molar-refractivity contribution in [3.8, 4) is 0 Å². The van der Waals surface area contributed by atoms with Crippen LogP contribution in [-0.2, 0) is 4.74 Å². The molecule has 1 heteroatoms. The van der Waals surface area contributed by atoms with Gasteiger partial charge in [0.25, 0.3) is 0 Å². The van der Waals surface area contributed by atoms with Crippen LogP contribution in [0.25, 0.3) is 0 Å². The number of allylic oxidation sites excluding steroid dienone is 2. The third kappa shape index (κ3) is 23.5. The summed E-state index contributed by atoms with van der Waals surface area (Å²) in [5, 5.41) is 0. The van der Waals surface area contributed by atoms with Crippen LogP contribution in [0.15, 0.2) is 12.2 Å². The van der Waals surface area contributed by atoms with Gasteiger partial charge in [0.15, 0.2) is 0 Å². The standard InChI is InChI=1S/C10H20.C5H12O/c1-3-5-7-9-10-8-6-4-2;1-5(2,3)6-4/h9-10H,3-8H2,1-2H3;1-4H3/b10-9+;. The Morgan fingerprint density at radius 1 is 0.875 bits per heavy atom. The summed E-state index contributed by atoms with van der Waals surface area (Å²) < 4.78 is 4.94. The van der Waals surface area contributed by atoms with Gasteiger partial charge in [-0.3, -0.25) is 0 Å². The molecule has 0 atom stereocenters. The Bertz CT molecular complexity index is 132. The monoisotopic (exact) mass is 228 g/mol. The fraction of sp³-hybridized carbons (Fsp3) is 0.867. The average molecular weight is 228 g/mol. The molecule has 0 spiro atoms. The molecule has 0 fully saturated rings. The summed E-state index contributed by atoms with van der Waals surface area (Å²) in [6.07, 6.45) is 12.5. The van der Waals surface area contributed by atoms with Gasteiger partial charge in [-0.25, -0.2) is 0 Å². The highest BCUT2D eigenvalue weighted by Gasteiger charge is 2.03. The van der Waals surface area contributed by atoms with Crippen LogP contribution < -0.4 is 0 Å². The summed E-state index contributed by atoms with van der Waals surface area (Å²) in [5.41, 5.74) is 0.0417. The van der Waals surface area contributed by atoms with Crippen molar-refractivity contribution in [2.45, 2.75) is 78.7 Å². The highest BCUT2D eigenvalue weighted by atomic mass is 16.5. The molecule has 0 amide bonds. The van der Waals surface area contributed by atoms with Gasteiger partial charge in [-0.15, -0.1) is 0 Å². The Balaban J connectivity index is 0. The van der Waals surface area contributed by atoms with Gasteiger partial charge in [0.2, 0.25) is 0 Å². The molecular formula is C15H32O. The van der Waals surface area contributed by atoms with Crippen molar-refractivity contribution in [1.82, 2.24) is 0 Å². The maximum absolute atomic E-state index is 4.94. The largest absolute Gasteiger partial charge is 0.379 e. The van der Waals surface area contributed by atoms with E-state index in [0.717, 1.165) is 0 Å². The molecule has 0 aromatic heterocycles. The van der Waals surface area contributed by atoms with Crippen LogP contribution in [0.2, 0.25) is 0 Å². The summed E-state index contributed by atoms with van der Waals surface area (Å²) in [4.78, 5) is 0. The third-order valence-corrected chi connectivity index (χ3v) is 2.23. The lowest BCUT2D eigenvalue weighted by molar-refractivity contribution is 0.0397. The molecule has 0 bridgehead atoms. The highest BCUT2D eigenvalue weighted by molar-refractivity contribution is 4.80. The first-order chi connectivity index (χ1) is 7.47. The topological polar surface area (TPSA) is 9.23 Å². The zero-order valence-corrected chi connectivity index (χ0v) is 12.3. The molecule has 0 rings (SSSR count). The molecule has 0 N–H and O–H groups in total. The Morgan fingerprint density at radius 2 is 1.19 bits per heavy atom. The minimum Gasteiger partial charge on any atom is -0.379 e. The van der Waals surface area contributed by atoms with E-state index in [2.05, 4.69) is 26.0 Å². The fourth-order valence-electron chi connectivity index (χ4n) is 0.880. The van der Waals surface area contributed by atoms with Gasteiger partial charge in [0.1, 0.15) is 0 Å². The van der Waals surface area contributed by atoms with Gasteiger partial charge in [-0.05, 0) is 33.6 Å². The molecule has 0 aromatic rings. The van der Waals surface area contributed by atoms with E-state index in [-0.39, 0.29) is 5.60 Å². The van der Waals surface area contributed by atoms with Crippen molar-refractivity contribution in [3.05, 3.63) is 12.2 Å². The van der Waals surface area contributed by atoms with Crippen molar-refractivity contribution in [2.75, 3.05) is 7.11 Å². The minimum absolute atomic E-state index is 0.0417. The molecule has 0 heterocycles. The summed E-state index contributed by atoms with van der Waals surface area (Å²) >= 11 is 0. The second kappa shape index (κ2) is 12.8. The normalized spacial score (nSPS) is 11.4. The van der Waals surface area contributed by atoms with Gasteiger partial charge >= 0.3 is 0 Å². The van der Waals surface area contributed by atoms with E-state index in [1.807, 2.05) is 20.8 Å². The van der Waals surface area contributed by atoms with E-state index < -0.39 is 0 Å². The molecule has 16 heavy (non-hydrogen) atoms. The van der Waals surface area contributed by atoms with E-state index >= 15 is 0 Å². The predicted molar refractivity (Wildman–Crippen MR) is 75.0 cm³/mol. The molecule has 0 saturated heterocycles. The lowest BCUT2D eigenvalue weighted by Gasteiger charge is -2.14. The molecular weight excluding hydrogens is 196 g/mol. The maximum atomic E-state index is 4.94. The van der Waals surface area contributed by atoms with E-state index in [9.17, 15) is 0 Å². The van der Waals surface area contributed by atoms with Gasteiger partial charge in [0.05, 0.1) is 5.60 Å². The van der Waals surface area contributed by atoms with Crippen LogP contribution in [0.4, 0.5) is 0 Å². The number of methoxy groups -OCH3 is 1. The summed E-state index contributed by atoms with van der Waals surface area (Å²) in [6.45, 7) is 10.5. The van der Waals surface area contributed by atoms with Crippen LogP contribution in [0.5, 0.6) is 0 Å². The fourth-order valence-corrected chi connectivity index (χ4v) is 0.880. The number of hydrogen-bond acceptors (Lipinski definition) is 1. The van der Waals surface area contributed by atoms with Crippen LogP contribution >= 0.6 is 0 Å². The molecule has 0 unspecified atom stereocenters. The number of rotatable bonds is 6. The predicted octanol–water partition coefficient (Wildman–Crippen LogP) is 5.35.